The van der Waals surface area contributed by atoms with E-state index in [1.54, 1.807) is 18.0 Å². The molecule has 0 saturated carbocycles. The maximum Gasteiger partial charge on any atom is 0.246 e. The lowest BCUT2D eigenvalue weighted by Crippen LogP contribution is -2.46. The first-order chi connectivity index (χ1) is 13.9. The molecule has 0 fully saturated rings. The van der Waals surface area contributed by atoms with Crippen LogP contribution in [0.2, 0.25) is 0 Å². The predicted molar refractivity (Wildman–Crippen MR) is 116 cm³/mol. The van der Waals surface area contributed by atoms with Gasteiger partial charge in [-0.05, 0) is 38.1 Å². The highest BCUT2D eigenvalue weighted by Gasteiger charge is 2.31. The number of carbonyl (C=O) groups is 3. The average Bonchev–Trinajstić information content (AvgIpc) is 2.82. The van der Waals surface area contributed by atoms with Gasteiger partial charge in [0.25, 0.3) is 0 Å². The fraction of sp³-hybridized carbons (Fsp3) is 0.318. The first-order valence-corrected chi connectivity index (χ1v) is 10.4. The van der Waals surface area contributed by atoms with Crippen molar-refractivity contribution in [2.45, 2.75) is 36.5 Å². The zero-order valence-corrected chi connectivity index (χ0v) is 17.6. The van der Waals surface area contributed by atoms with E-state index < -0.39 is 0 Å². The highest BCUT2D eigenvalue weighted by molar-refractivity contribution is 8.00. The Morgan fingerprint density at radius 2 is 1.83 bits per heavy atom. The van der Waals surface area contributed by atoms with Crippen molar-refractivity contribution < 1.29 is 14.4 Å². The molecule has 0 radical (unpaired) electrons. The number of fused-ring (bicyclic) bond motifs is 1. The van der Waals surface area contributed by atoms with Gasteiger partial charge < -0.3 is 15.1 Å². The Hall–Kier alpha value is -2.80. The summed E-state index contributed by atoms with van der Waals surface area (Å²) in [7, 11) is 1.64. The van der Waals surface area contributed by atoms with E-state index in [4.69, 9.17) is 0 Å². The number of benzene rings is 2. The van der Waals surface area contributed by atoms with Crippen molar-refractivity contribution in [3.8, 4) is 0 Å². The Labute approximate surface area is 175 Å². The van der Waals surface area contributed by atoms with Crippen LogP contribution < -0.4 is 10.2 Å². The van der Waals surface area contributed by atoms with Gasteiger partial charge in [0.2, 0.25) is 17.7 Å². The second kappa shape index (κ2) is 9.13. The summed E-state index contributed by atoms with van der Waals surface area (Å²) in [4.78, 5) is 42.1. The maximum absolute atomic E-state index is 13.1. The normalized spacial score (nSPS) is 17.0. The number of para-hydroxylation sites is 2. The summed E-state index contributed by atoms with van der Waals surface area (Å²) < 4.78 is 0. The maximum atomic E-state index is 13.1. The summed E-state index contributed by atoms with van der Waals surface area (Å²) in [5.74, 6) is -0.455. The third kappa shape index (κ3) is 4.98. The highest BCUT2D eigenvalue weighted by atomic mass is 32.2. The van der Waals surface area contributed by atoms with E-state index in [1.165, 1.54) is 16.7 Å². The lowest BCUT2D eigenvalue weighted by molar-refractivity contribution is -0.133. The number of rotatable bonds is 5. The molecule has 0 unspecified atom stereocenters. The Balaban J connectivity index is 1.71. The van der Waals surface area contributed by atoms with E-state index in [-0.39, 0.29) is 42.0 Å². The number of nitrogens with zero attached hydrogens (tertiary/aromatic N) is 2. The molecule has 0 aliphatic carbocycles. The summed E-state index contributed by atoms with van der Waals surface area (Å²) >= 11 is 1.46. The molecule has 1 aliphatic heterocycles. The number of nitrogens with one attached hydrogen (secondary N) is 1. The number of amides is 3. The van der Waals surface area contributed by atoms with E-state index in [9.17, 15) is 14.4 Å². The minimum absolute atomic E-state index is 0.0502. The van der Waals surface area contributed by atoms with Crippen molar-refractivity contribution in [1.29, 1.82) is 0 Å². The smallest absolute Gasteiger partial charge is 0.246 e. The molecule has 152 valence electrons. The fourth-order valence-corrected chi connectivity index (χ4v) is 4.39. The van der Waals surface area contributed by atoms with Gasteiger partial charge in [0, 0.05) is 24.4 Å². The van der Waals surface area contributed by atoms with Crippen LogP contribution in [0, 0.1) is 0 Å². The molecule has 2 aromatic rings. The third-order valence-corrected chi connectivity index (χ3v) is 5.88. The summed E-state index contributed by atoms with van der Waals surface area (Å²) in [6.07, 6.45) is 0.207. The molecule has 29 heavy (non-hydrogen) atoms. The van der Waals surface area contributed by atoms with Gasteiger partial charge in [0.15, 0.2) is 0 Å². The molecule has 3 amide bonds. The van der Waals surface area contributed by atoms with Gasteiger partial charge in [-0.2, -0.15) is 0 Å². The van der Waals surface area contributed by atoms with Crippen molar-refractivity contribution in [2.24, 2.45) is 0 Å². The van der Waals surface area contributed by atoms with Crippen LogP contribution >= 0.6 is 11.8 Å². The second-order valence-electron chi connectivity index (χ2n) is 7.15. The van der Waals surface area contributed by atoms with Crippen LogP contribution in [-0.4, -0.2) is 47.5 Å². The zero-order valence-electron chi connectivity index (χ0n) is 16.8. The Kier molecular flexibility index (Phi) is 6.59. The van der Waals surface area contributed by atoms with E-state index in [2.05, 4.69) is 5.32 Å². The molecule has 2 atom stereocenters. The number of hydrogen-bond acceptors (Lipinski definition) is 4. The van der Waals surface area contributed by atoms with Crippen molar-refractivity contribution >= 4 is 40.9 Å². The first-order valence-electron chi connectivity index (χ1n) is 9.54. The van der Waals surface area contributed by atoms with E-state index >= 15 is 0 Å². The summed E-state index contributed by atoms with van der Waals surface area (Å²) in [6.45, 7) is 3.63. The fourth-order valence-electron chi connectivity index (χ4n) is 3.39. The highest BCUT2D eigenvalue weighted by Crippen LogP contribution is 2.31. The number of hydrogen-bond donors (Lipinski definition) is 1. The molecule has 6 nitrogen and oxygen atoms in total. The molecular weight excluding hydrogens is 386 g/mol. The standard InChI is InChI=1S/C22H25N3O3S/c1-15-13-20(26)23-18-11-7-8-12-19(18)25(15)21(27)14-24(3)22(28)16(2)29-17-9-5-4-6-10-17/h4-12,15-16H,13-14H2,1-3H3,(H,23,26)/t15-,16-/m0/s1. The van der Waals surface area contributed by atoms with Crippen molar-refractivity contribution in [3.63, 3.8) is 0 Å². The van der Waals surface area contributed by atoms with Gasteiger partial charge in [0.1, 0.15) is 0 Å². The lowest BCUT2D eigenvalue weighted by atomic mass is 10.1. The Bertz CT molecular complexity index is 903. The molecule has 0 saturated heterocycles. The van der Waals surface area contributed by atoms with Crippen LogP contribution in [0.5, 0.6) is 0 Å². The lowest BCUT2D eigenvalue weighted by Gasteiger charge is -2.30. The summed E-state index contributed by atoms with van der Waals surface area (Å²) in [6, 6.07) is 16.6. The second-order valence-corrected chi connectivity index (χ2v) is 8.56. The molecule has 1 N–H and O–H groups in total. The number of likely N-dealkylation sites (N-methyl/N-ethyl adjacent to an activating group) is 1. The first kappa shape index (κ1) is 20.9. The van der Waals surface area contributed by atoms with Gasteiger partial charge in [-0.15, -0.1) is 11.8 Å². The minimum atomic E-state index is -0.313. The SMILES string of the molecule is C[C@H](Sc1ccccc1)C(=O)N(C)CC(=O)N1c2ccccc2NC(=O)C[C@@H]1C. The largest absolute Gasteiger partial charge is 0.335 e. The van der Waals surface area contributed by atoms with Crippen molar-refractivity contribution in [1.82, 2.24) is 4.90 Å². The molecule has 0 bridgehead atoms. The van der Waals surface area contributed by atoms with Crippen LogP contribution in [0.1, 0.15) is 20.3 Å². The topological polar surface area (TPSA) is 69.7 Å². The summed E-state index contributed by atoms with van der Waals surface area (Å²) in [5, 5.41) is 2.53. The average molecular weight is 412 g/mol. The number of anilines is 2. The predicted octanol–water partition coefficient (Wildman–Crippen LogP) is 3.39. The number of thioether (sulfide) groups is 1. The van der Waals surface area contributed by atoms with E-state index in [0.29, 0.717) is 11.4 Å². The monoisotopic (exact) mass is 411 g/mol. The molecule has 7 heteroatoms. The van der Waals surface area contributed by atoms with Gasteiger partial charge in [-0.25, -0.2) is 0 Å². The van der Waals surface area contributed by atoms with Gasteiger partial charge in [0.05, 0.1) is 23.2 Å². The molecule has 0 spiro atoms. The molecule has 0 aromatic heterocycles. The van der Waals surface area contributed by atoms with E-state index in [0.717, 1.165) is 4.90 Å². The van der Waals surface area contributed by atoms with Gasteiger partial charge >= 0.3 is 0 Å². The molecule has 1 aliphatic rings. The molecule has 3 rings (SSSR count). The Morgan fingerprint density at radius 3 is 2.55 bits per heavy atom. The van der Waals surface area contributed by atoms with Crippen LogP contribution in [0.25, 0.3) is 0 Å². The quantitative estimate of drug-likeness (QED) is 0.766. The van der Waals surface area contributed by atoms with Crippen LogP contribution in [0.4, 0.5) is 11.4 Å². The number of carbonyl (C=O) groups excluding carboxylic acids is 3. The van der Waals surface area contributed by atoms with Crippen LogP contribution in [0.3, 0.4) is 0 Å². The molecule has 1 heterocycles. The van der Waals surface area contributed by atoms with Gasteiger partial charge in [-0.3, -0.25) is 14.4 Å². The van der Waals surface area contributed by atoms with E-state index in [1.807, 2.05) is 62.4 Å². The Morgan fingerprint density at radius 1 is 1.17 bits per heavy atom. The molecular formula is C22H25N3O3S. The zero-order chi connectivity index (χ0) is 21.0. The van der Waals surface area contributed by atoms with Crippen molar-refractivity contribution in [3.05, 3.63) is 54.6 Å². The van der Waals surface area contributed by atoms with Gasteiger partial charge in [-0.1, -0.05) is 30.3 Å². The van der Waals surface area contributed by atoms with Crippen molar-refractivity contribution in [2.75, 3.05) is 23.8 Å². The van der Waals surface area contributed by atoms with Crippen LogP contribution in [0.15, 0.2) is 59.5 Å². The summed E-state index contributed by atoms with van der Waals surface area (Å²) in [5.41, 5.74) is 1.26. The molecule has 2 aromatic carbocycles. The minimum Gasteiger partial charge on any atom is -0.335 e. The van der Waals surface area contributed by atoms with Crippen LogP contribution in [-0.2, 0) is 14.4 Å². The third-order valence-electron chi connectivity index (χ3n) is 4.78.